The fourth-order valence-electron chi connectivity index (χ4n) is 1.96. The van der Waals surface area contributed by atoms with Crippen molar-refractivity contribution < 1.29 is 14.2 Å². The van der Waals surface area contributed by atoms with Crippen molar-refractivity contribution >= 4 is 24.0 Å². The third-order valence-corrected chi connectivity index (χ3v) is 3.54. The molecule has 3 nitrogen and oxygen atoms in total. The zero-order chi connectivity index (χ0) is 15.9. The second-order valence-electron chi connectivity index (χ2n) is 5.10. The van der Waals surface area contributed by atoms with Crippen molar-refractivity contribution in [3.8, 4) is 5.75 Å². The average Bonchev–Trinajstić information content (AvgIpc) is 2.52. The van der Waals surface area contributed by atoms with Crippen LogP contribution in [0, 0.1) is 5.82 Å². The lowest BCUT2D eigenvalue weighted by atomic mass is 10.1. The van der Waals surface area contributed by atoms with Gasteiger partial charge in [0.15, 0.2) is 0 Å². The number of hydrogen-bond donors (Lipinski definition) is 2. The highest BCUT2D eigenvalue weighted by Crippen LogP contribution is 2.16. The topological polar surface area (TPSA) is 41.5 Å². The van der Waals surface area contributed by atoms with Crippen molar-refractivity contribution in [1.29, 1.82) is 0 Å². The van der Waals surface area contributed by atoms with E-state index in [0.717, 1.165) is 5.56 Å². The highest BCUT2D eigenvalue weighted by Gasteiger charge is 2.09. The molecule has 0 saturated heterocycles. The average molecular weight is 360 g/mol. The molecule has 0 radical (unpaired) electrons. The Morgan fingerprint density at radius 3 is 2.35 bits per heavy atom. The SMILES string of the molecule is CC(NCC(O)COc1ccc(F)cc1)c1ccc(Cl)cc1.Cl. The predicted molar refractivity (Wildman–Crippen MR) is 93.0 cm³/mol. The first-order valence-electron chi connectivity index (χ1n) is 7.10. The molecule has 2 N–H and O–H groups in total. The predicted octanol–water partition coefficient (Wildman–Crippen LogP) is 3.99. The number of halogens is 3. The van der Waals surface area contributed by atoms with Crippen molar-refractivity contribution in [2.24, 2.45) is 0 Å². The van der Waals surface area contributed by atoms with Crippen molar-refractivity contribution in [3.05, 3.63) is 64.9 Å². The Hall–Kier alpha value is -1.33. The van der Waals surface area contributed by atoms with Gasteiger partial charge in [-0.2, -0.15) is 0 Å². The van der Waals surface area contributed by atoms with Gasteiger partial charge in [0, 0.05) is 17.6 Å². The zero-order valence-corrected chi connectivity index (χ0v) is 14.3. The van der Waals surface area contributed by atoms with Crippen LogP contribution in [-0.4, -0.2) is 24.4 Å². The summed E-state index contributed by atoms with van der Waals surface area (Å²) in [6.07, 6.45) is -0.653. The molecule has 2 unspecified atom stereocenters. The fraction of sp³-hybridized carbons (Fsp3) is 0.294. The van der Waals surface area contributed by atoms with Crippen LogP contribution in [0.15, 0.2) is 48.5 Å². The molecule has 0 aromatic heterocycles. The van der Waals surface area contributed by atoms with Crippen LogP contribution in [0.3, 0.4) is 0 Å². The molecular formula is C17H20Cl2FNO2. The lowest BCUT2D eigenvalue weighted by Crippen LogP contribution is -2.33. The molecule has 0 spiro atoms. The number of aliphatic hydroxyl groups is 1. The normalized spacial score (nSPS) is 13.0. The third-order valence-electron chi connectivity index (χ3n) is 3.29. The smallest absolute Gasteiger partial charge is 0.123 e. The Kier molecular flexibility index (Phi) is 8.34. The molecule has 0 bridgehead atoms. The van der Waals surface area contributed by atoms with E-state index in [1.165, 1.54) is 24.3 Å². The van der Waals surface area contributed by atoms with Gasteiger partial charge in [-0.15, -0.1) is 12.4 Å². The van der Waals surface area contributed by atoms with E-state index in [9.17, 15) is 9.50 Å². The highest BCUT2D eigenvalue weighted by atomic mass is 35.5. The molecular weight excluding hydrogens is 340 g/mol. The minimum atomic E-state index is -0.653. The Morgan fingerprint density at radius 2 is 1.74 bits per heavy atom. The highest BCUT2D eigenvalue weighted by molar-refractivity contribution is 6.30. The van der Waals surface area contributed by atoms with E-state index in [1.807, 2.05) is 31.2 Å². The number of benzene rings is 2. The molecule has 2 atom stereocenters. The molecule has 0 amide bonds. The van der Waals surface area contributed by atoms with Crippen LogP contribution in [0.4, 0.5) is 4.39 Å². The van der Waals surface area contributed by atoms with Crippen LogP contribution in [0.2, 0.25) is 5.02 Å². The summed E-state index contributed by atoms with van der Waals surface area (Å²) >= 11 is 5.85. The van der Waals surface area contributed by atoms with Gasteiger partial charge in [0.2, 0.25) is 0 Å². The van der Waals surface area contributed by atoms with Crippen LogP contribution >= 0.6 is 24.0 Å². The minimum Gasteiger partial charge on any atom is -0.491 e. The van der Waals surface area contributed by atoms with Gasteiger partial charge < -0.3 is 15.2 Å². The Balaban J connectivity index is 0.00000264. The molecule has 0 saturated carbocycles. The molecule has 126 valence electrons. The van der Waals surface area contributed by atoms with E-state index in [1.54, 1.807) is 0 Å². The number of aliphatic hydroxyl groups excluding tert-OH is 1. The summed E-state index contributed by atoms with van der Waals surface area (Å²) in [4.78, 5) is 0. The van der Waals surface area contributed by atoms with Gasteiger partial charge in [0.05, 0.1) is 0 Å². The lowest BCUT2D eigenvalue weighted by Gasteiger charge is -2.18. The third kappa shape index (κ3) is 6.75. The van der Waals surface area contributed by atoms with E-state index in [-0.39, 0.29) is 30.9 Å². The standard InChI is InChI=1S/C17H19ClFNO2.ClH/c1-12(13-2-4-14(18)5-3-13)20-10-16(21)11-22-17-8-6-15(19)7-9-17;/h2-9,12,16,20-21H,10-11H2,1H3;1H. The van der Waals surface area contributed by atoms with Crippen molar-refractivity contribution in [3.63, 3.8) is 0 Å². The number of hydrogen-bond acceptors (Lipinski definition) is 3. The van der Waals surface area contributed by atoms with E-state index in [0.29, 0.717) is 17.3 Å². The molecule has 0 aliphatic heterocycles. The van der Waals surface area contributed by atoms with Gasteiger partial charge in [0.1, 0.15) is 24.3 Å². The van der Waals surface area contributed by atoms with Gasteiger partial charge >= 0.3 is 0 Å². The minimum absolute atomic E-state index is 0. The number of rotatable bonds is 7. The van der Waals surface area contributed by atoms with Crippen LogP contribution in [-0.2, 0) is 0 Å². The summed E-state index contributed by atoms with van der Waals surface area (Å²) in [5, 5.41) is 13.9. The second-order valence-corrected chi connectivity index (χ2v) is 5.54. The largest absolute Gasteiger partial charge is 0.491 e. The van der Waals surface area contributed by atoms with Gasteiger partial charge in [-0.25, -0.2) is 4.39 Å². The zero-order valence-electron chi connectivity index (χ0n) is 12.7. The number of nitrogens with one attached hydrogen (secondary N) is 1. The lowest BCUT2D eigenvalue weighted by molar-refractivity contribution is 0.104. The van der Waals surface area contributed by atoms with E-state index < -0.39 is 6.10 Å². The summed E-state index contributed by atoms with van der Waals surface area (Å²) in [5.41, 5.74) is 1.09. The molecule has 0 aliphatic rings. The maximum Gasteiger partial charge on any atom is 0.123 e. The Labute approximate surface area is 146 Å². The van der Waals surface area contributed by atoms with E-state index >= 15 is 0 Å². The summed E-state index contributed by atoms with van der Waals surface area (Å²) in [6, 6.07) is 13.4. The second kappa shape index (κ2) is 9.73. The van der Waals surface area contributed by atoms with Crippen molar-refractivity contribution in [1.82, 2.24) is 5.32 Å². The van der Waals surface area contributed by atoms with Crippen LogP contribution < -0.4 is 10.1 Å². The van der Waals surface area contributed by atoms with Crippen LogP contribution in [0.5, 0.6) is 5.75 Å². The molecule has 2 aromatic carbocycles. The van der Waals surface area contributed by atoms with Crippen molar-refractivity contribution in [2.75, 3.05) is 13.2 Å². The molecule has 6 heteroatoms. The quantitative estimate of drug-likeness (QED) is 0.785. The fourth-order valence-corrected chi connectivity index (χ4v) is 2.09. The Morgan fingerprint density at radius 1 is 1.13 bits per heavy atom. The maximum atomic E-state index is 12.8. The first-order valence-corrected chi connectivity index (χ1v) is 7.47. The van der Waals surface area contributed by atoms with Gasteiger partial charge in [-0.05, 0) is 48.9 Å². The van der Waals surface area contributed by atoms with Gasteiger partial charge in [-0.1, -0.05) is 23.7 Å². The maximum absolute atomic E-state index is 12.8. The summed E-state index contributed by atoms with van der Waals surface area (Å²) in [7, 11) is 0. The number of ether oxygens (including phenoxy) is 1. The van der Waals surface area contributed by atoms with Gasteiger partial charge in [0.25, 0.3) is 0 Å². The molecule has 0 fully saturated rings. The van der Waals surface area contributed by atoms with E-state index in [2.05, 4.69) is 5.32 Å². The summed E-state index contributed by atoms with van der Waals surface area (Å²) < 4.78 is 18.2. The molecule has 23 heavy (non-hydrogen) atoms. The van der Waals surface area contributed by atoms with Crippen LogP contribution in [0.1, 0.15) is 18.5 Å². The monoisotopic (exact) mass is 359 g/mol. The van der Waals surface area contributed by atoms with E-state index in [4.69, 9.17) is 16.3 Å². The molecule has 2 aromatic rings. The molecule has 0 heterocycles. The van der Waals surface area contributed by atoms with Crippen LogP contribution in [0.25, 0.3) is 0 Å². The van der Waals surface area contributed by atoms with Gasteiger partial charge in [-0.3, -0.25) is 0 Å². The molecule has 0 aliphatic carbocycles. The summed E-state index contributed by atoms with van der Waals surface area (Å²) in [6.45, 7) is 2.55. The first-order chi connectivity index (χ1) is 10.5. The first kappa shape index (κ1) is 19.7. The summed E-state index contributed by atoms with van der Waals surface area (Å²) in [5.74, 6) is 0.220. The van der Waals surface area contributed by atoms with Crippen molar-refractivity contribution in [2.45, 2.75) is 19.1 Å². The molecule has 2 rings (SSSR count). The Bertz CT molecular complexity index is 578.